The van der Waals surface area contributed by atoms with Crippen LogP contribution >= 0.6 is 0 Å². The van der Waals surface area contributed by atoms with Crippen molar-refractivity contribution in [3.63, 3.8) is 0 Å². The van der Waals surface area contributed by atoms with Crippen LogP contribution in [0.1, 0.15) is 11.1 Å². The van der Waals surface area contributed by atoms with Gasteiger partial charge in [-0.1, -0.05) is 12.1 Å². The number of amides is 1. The van der Waals surface area contributed by atoms with E-state index in [9.17, 15) is 26.7 Å². The summed E-state index contributed by atoms with van der Waals surface area (Å²) in [5, 5.41) is 9.11. The molecule has 140 valence electrons. The monoisotopic (exact) mass is 368 g/mol. The summed E-state index contributed by atoms with van der Waals surface area (Å²) in [5.41, 5.74) is -0.138. The Bertz CT molecular complexity index is 580. The summed E-state index contributed by atoms with van der Waals surface area (Å²) in [4.78, 5) is 14.0. The Kier molecular flexibility index (Phi) is 6.17. The van der Waals surface area contributed by atoms with Gasteiger partial charge in [-0.25, -0.2) is 4.79 Å². The Balaban J connectivity index is 1.99. The average molecular weight is 368 g/mol. The molecule has 1 amide bonds. The van der Waals surface area contributed by atoms with E-state index in [2.05, 4.69) is 4.74 Å². The number of carbonyl (C=O) groups is 1. The third-order valence-corrected chi connectivity index (χ3v) is 3.91. The maximum Gasteiger partial charge on any atom is 0.416 e. The van der Waals surface area contributed by atoms with Crippen molar-refractivity contribution in [2.75, 3.05) is 26.2 Å². The second-order valence-corrected chi connectivity index (χ2v) is 5.65. The number of piperazine rings is 1. The number of hydrogen-bond donors (Lipinski definition) is 1. The molecule has 1 saturated heterocycles. The molecule has 1 aliphatic rings. The van der Waals surface area contributed by atoms with E-state index in [1.165, 1.54) is 12.1 Å². The SMILES string of the molecule is O=C(O)N1CCN(Cc2ccc(C(F)(F)F)cc2)CC1COC(F)F. The molecule has 25 heavy (non-hydrogen) atoms. The number of carboxylic acid groups (broad SMARTS) is 1. The third-order valence-electron chi connectivity index (χ3n) is 3.91. The Morgan fingerprint density at radius 2 is 1.88 bits per heavy atom. The normalized spacial score (nSPS) is 19.4. The van der Waals surface area contributed by atoms with Crippen LogP contribution in [0.25, 0.3) is 0 Å². The Labute approximate surface area is 140 Å². The molecule has 0 saturated carbocycles. The van der Waals surface area contributed by atoms with Crippen molar-refractivity contribution in [1.82, 2.24) is 9.80 Å². The van der Waals surface area contributed by atoms with Crippen LogP contribution in [-0.2, 0) is 17.5 Å². The van der Waals surface area contributed by atoms with Gasteiger partial charge in [-0.3, -0.25) is 4.90 Å². The lowest BCUT2D eigenvalue weighted by Gasteiger charge is -2.39. The lowest BCUT2D eigenvalue weighted by Crippen LogP contribution is -2.56. The van der Waals surface area contributed by atoms with Crippen LogP contribution in [0, 0.1) is 0 Å². The van der Waals surface area contributed by atoms with Crippen LogP contribution in [0.3, 0.4) is 0 Å². The van der Waals surface area contributed by atoms with Crippen LogP contribution < -0.4 is 0 Å². The number of rotatable bonds is 5. The standard InChI is InChI=1S/C15H17F5N2O3/c16-13(17)25-9-12-8-21(5-6-22(12)14(23)24)7-10-1-3-11(4-2-10)15(18,19)20/h1-4,12-13H,5-9H2,(H,23,24). The van der Waals surface area contributed by atoms with E-state index < -0.39 is 37.1 Å². The van der Waals surface area contributed by atoms with Crippen LogP contribution in [-0.4, -0.2) is 59.9 Å². The molecule has 10 heteroatoms. The molecule has 1 aromatic carbocycles. The number of ether oxygens (including phenoxy) is 1. The Hall–Kier alpha value is -1.94. The van der Waals surface area contributed by atoms with Crippen LogP contribution in [0.2, 0.25) is 0 Å². The molecule has 5 nitrogen and oxygen atoms in total. The maximum atomic E-state index is 12.6. The lowest BCUT2D eigenvalue weighted by atomic mass is 10.1. The van der Waals surface area contributed by atoms with Gasteiger partial charge in [0.1, 0.15) is 0 Å². The van der Waals surface area contributed by atoms with Gasteiger partial charge < -0.3 is 14.7 Å². The lowest BCUT2D eigenvalue weighted by molar-refractivity contribution is -0.144. The number of halogens is 5. The van der Waals surface area contributed by atoms with Gasteiger partial charge in [0, 0.05) is 26.2 Å². The highest BCUT2D eigenvalue weighted by Crippen LogP contribution is 2.29. The first-order valence-corrected chi connectivity index (χ1v) is 7.44. The van der Waals surface area contributed by atoms with Crippen molar-refractivity contribution in [2.45, 2.75) is 25.4 Å². The summed E-state index contributed by atoms with van der Waals surface area (Å²) in [6.07, 6.45) is -5.64. The smallest absolute Gasteiger partial charge is 0.416 e. The van der Waals surface area contributed by atoms with E-state index in [-0.39, 0.29) is 19.6 Å². The quantitative estimate of drug-likeness (QED) is 0.812. The zero-order chi connectivity index (χ0) is 18.6. The average Bonchev–Trinajstić information content (AvgIpc) is 2.52. The predicted molar refractivity (Wildman–Crippen MR) is 77.2 cm³/mol. The summed E-state index contributed by atoms with van der Waals surface area (Å²) >= 11 is 0. The van der Waals surface area contributed by atoms with Crippen LogP contribution in [0.5, 0.6) is 0 Å². The highest BCUT2D eigenvalue weighted by Gasteiger charge is 2.32. The Morgan fingerprint density at radius 3 is 2.40 bits per heavy atom. The van der Waals surface area contributed by atoms with Gasteiger partial charge in [-0.2, -0.15) is 22.0 Å². The molecule has 2 rings (SSSR count). The fraction of sp³-hybridized carbons (Fsp3) is 0.533. The highest BCUT2D eigenvalue weighted by atomic mass is 19.4. The van der Waals surface area contributed by atoms with E-state index in [0.717, 1.165) is 17.0 Å². The fourth-order valence-corrected chi connectivity index (χ4v) is 2.70. The zero-order valence-corrected chi connectivity index (χ0v) is 13.0. The van der Waals surface area contributed by atoms with Gasteiger partial charge in [0.2, 0.25) is 0 Å². The molecule has 1 unspecified atom stereocenters. The first-order chi connectivity index (χ1) is 11.7. The van der Waals surface area contributed by atoms with Crippen molar-refractivity contribution in [3.05, 3.63) is 35.4 Å². The molecular weight excluding hydrogens is 351 g/mol. The van der Waals surface area contributed by atoms with E-state index in [4.69, 9.17) is 5.11 Å². The molecule has 1 N–H and O–H groups in total. The predicted octanol–water partition coefficient (Wildman–Crippen LogP) is 3.11. The first-order valence-electron chi connectivity index (χ1n) is 7.44. The molecule has 0 bridgehead atoms. The van der Waals surface area contributed by atoms with Crippen molar-refractivity contribution in [1.29, 1.82) is 0 Å². The van der Waals surface area contributed by atoms with Crippen molar-refractivity contribution >= 4 is 6.09 Å². The molecule has 1 aliphatic heterocycles. The minimum Gasteiger partial charge on any atom is -0.465 e. The summed E-state index contributed by atoms with van der Waals surface area (Å²) in [6.45, 7) is -2.56. The molecule has 1 heterocycles. The minimum absolute atomic E-state index is 0.104. The zero-order valence-electron chi connectivity index (χ0n) is 13.0. The summed E-state index contributed by atoms with van der Waals surface area (Å²) in [7, 11) is 0. The van der Waals surface area contributed by atoms with Crippen molar-refractivity contribution < 1.29 is 36.6 Å². The number of alkyl halides is 5. The molecule has 1 fully saturated rings. The third kappa shape index (κ3) is 5.53. The molecular formula is C15H17F5N2O3. The van der Waals surface area contributed by atoms with Gasteiger partial charge in [0.15, 0.2) is 0 Å². The molecule has 0 aliphatic carbocycles. The molecule has 1 aromatic rings. The van der Waals surface area contributed by atoms with Crippen LogP contribution in [0.4, 0.5) is 26.7 Å². The topological polar surface area (TPSA) is 53.0 Å². The molecule has 0 spiro atoms. The summed E-state index contributed by atoms with van der Waals surface area (Å²) < 4.78 is 66.3. The van der Waals surface area contributed by atoms with E-state index in [1.807, 2.05) is 0 Å². The van der Waals surface area contributed by atoms with E-state index >= 15 is 0 Å². The summed E-state index contributed by atoms with van der Waals surface area (Å²) in [6, 6.07) is 3.86. The van der Waals surface area contributed by atoms with Crippen molar-refractivity contribution in [2.24, 2.45) is 0 Å². The van der Waals surface area contributed by atoms with Gasteiger partial charge in [0.05, 0.1) is 18.2 Å². The van der Waals surface area contributed by atoms with Gasteiger partial charge >= 0.3 is 18.9 Å². The number of nitrogens with zero attached hydrogens (tertiary/aromatic N) is 2. The van der Waals surface area contributed by atoms with Gasteiger partial charge in [0.25, 0.3) is 0 Å². The molecule has 0 radical (unpaired) electrons. The van der Waals surface area contributed by atoms with Crippen molar-refractivity contribution in [3.8, 4) is 0 Å². The second-order valence-electron chi connectivity index (χ2n) is 5.65. The minimum atomic E-state index is -4.41. The van der Waals surface area contributed by atoms with Gasteiger partial charge in [-0.15, -0.1) is 0 Å². The highest BCUT2D eigenvalue weighted by molar-refractivity contribution is 5.65. The summed E-state index contributed by atoms with van der Waals surface area (Å²) in [5.74, 6) is 0. The van der Waals surface area contributed by atoms with E-state index in [0.29, 0.717) is 12.1 Å². The Morgan fingerprint density at radius 1 is 1.24 bits per heavy atom. The molecule has 1 atom stereocenters. The maximum absolute atomic E-state index is 12.6. The van der Waals surface area contributed by atoms with E-state index in [1.54, 1.807) is 4.90 Å². The van der Waals surface area contributed by atoms with Gasteiger partial charge in [-0.05, 0) is 17.7 Å². The van der Waals surface area contributed by atoms with Crippen LogP contribution in [0.15, 0.2) is 24.3 Å². The molecule has 0 aromatic heterocycles. The number of benzene rings is 1. The first kappa shape index (κ1) is 19.4. The fourth-order valence-electron chi connectivity index (χ4n) is 2.70. The second kappa shape index (κ2) is 7.96. The largest absolute Gasteiger partial charge is 0.465 e. The number of hydrogen-bond acceptors (Lipinski definition) is 3.